The molecule has 0 radical (unpaired) electrons. The van der Waals surface area contributed by atoms with Crippen molar-refractivity contribution in [3.8, 4) is 22.6 Å². The highest BCUT2D eigenvalue weighted by atomic mass is 19.3. The summed E-state index contributed by atoms with van der Waals surface area (Å²) in [6.07, 6.45) is -0.814. The Balaban J connectivity index is 1.47. The molecule has 2 N–H and O–H groups in total. The van der Waals surface area contributed by atoms with Gasteiger partial charge in [-0.15, -0.1) is 0 Å². The number of aliphatic carboxylic acids is 1. The Morgan fingerprint density at radius 2 is 1.70 bits per heavy atom. The maximum atomic E-state index is 15.2. The van der Waals surface area contributed by atoms with E-state index in [9.17, 15) is 23.5 Å². The largest absolute Gasteiger partial charge is 0.496 e. The number of rotatable bonds is 11. The third-order valence-electron chi connectivity index (χ3n) is 8.52. The van der Waals surface area contributed by atoms with Crippen LogP contribution in [0.5, 0.6) is 11.5 Å². The van der Waals surface area contributed by atoms with Crippen molar-refractivity contribution in [2.24, 2.45) is 0 Å². The minimum atomic E-state index is -2.77. The van der Waals surface area contributed by atoms with E-state index in [1.54, 1.807) is 20.3 Å². The van der Waals surface area contributed by atoms with Gasteiger partial charge in [0, 0.05) is 31.4 Å². The molecule has 1 aliphatic carbocycles. The van der Waals surface area contributed by atoms with E-state index < -0.39 is 35.6 Å². The number of amides is 1. The van der Waals surface area contributed by atoms with Crippen molar-refractivity contribution in [3.63, 3.8) is 0 Å². The van der Waals surface area contributed by atoms with Crippen LogP contribution >= 0.6 is 0 Å². The Morgan fingerprint density at radius 1 is 1.00 bits per heavy atom. The van der Waals surface area contributed by atoms with Gasteiger partial charge in [0.2, 0.25) is 5.92 Å². The lowest BCUT2D eigenvalue weighted by Gasteiger charge is -2.35. The average molecular weight is 635 g/mol. The van der Waals surface area contributed by atoms with E-state index >= 15 is 4.39 Å². The van der Waals surface area contributed by atoms with Crippen LogP contribution in [0.1, 0.15) is 51.4 Å². The summed E-state index contributed by atoms with van der Waals surface area (Å²) in [5.74, 6) is -5.03. The topological polar surface area (TPSA) is 88.1 Å². The second-order valence-corrected chi connectivity index (χ2v) is 12.1. The molecule has 4 aromatic carbocycles. The smallest absolute Gasteiger partial charge is 0.326 e. The highest BCUT2D eigenvalue weighted by Crippen LogP contribution is 2.49. The summed E-state index contributed by atoms with van der Waals surface area (Å²) in [6, 6.07) is 16.3. The van der Waals surface area contributed by atoms with Crippen LogP contribution in [0.25, 0.3) is 21.9 Å². The van der Waals surface area contributed by atoms with Gasteiger partial charge in [-0.25, -0.2) is 18.0 Å². The van der Waals surface area contributed by atoms with E-state index in [-0.39, 0.29) is 30.4 Å². The Labute approximate surface area is 265 Å². The van der Waals surface area contributed by atoms with Crippen LogP contribution in [0.2, 0.25) is 0 Å². The molecule has 0 saturated heterocycles. The molecule has 1 aliphatic rings. The van der Waals surface area contributed by atoms with E-state index in [4.69, 9.17) is 9.47 Å². The van der Waals surface area contributed by atoms with Crippen LogP contribution in [-0.2, 0) is 17.8 Å². The lowest BCUT2D eigenvalue weighted by atomic mass is 9.76. The Hall–Kier alpha value is -4.57. The molecular formula is C36H37F3N2O5. The average Bonchev–Trinajstić information content (AvgIpc) is 2.98. The number of halogens is 3. The first-order valence-electron chi connectivity index (χ1n) is 14.9. The number of hydrogen-bond donors (Lipinski definition) is 2. The quantitative estimate of drug-likeness (QED) is 0.185. The van der Waals surface area contributed by atoms with Gasteiger partial charge in [-0.1, -0.05) is 48.5 Å². The Bertz CT molecular complexity index is 1780. The third-order valence-corrected chi connectivity index (χ3v) is 8.52. The number of nitrogens with one attached hydrogen (secondary N) is 1. The summed E-state index contributed by atoms with van der Waals surface area (Å²) in [5.41, 5.74) is 3.56. The van der Waals surface area contributed by atoms with Gasteiger partial charge >= 0.3 is 5.97 Å². The molecule has 10 heteroatoms. The molecule has 5 rings (SSSR count). The van der Waals surface area contributed by atoms with Crippen LogP contribution in [0.3, 0.4) is 0 Å². The van der Waals surface area contributed by atoms with E-state index in [2.05, 4.69) is 5.32 Å². The first kappa shape index (κ1) is 32.8. The SMILES string of the molecule is COc1ccc(CN(C)C)c(OC)c1-c1cccc2c(C[C@H](NC(=O)c3c(C)cc(C4CC(F)(F)C4)cc3F)C(=O)O)cccc12. The number of ether oxygens (including phenoxy) is 2. The summed E-state index contributed by atoms with van der Waals surface area (Å²) < 4.78 is 53.6. The first-order chi connectivity index (χ1) is 21.8. The fourth-order valence-corrected chi connectivity index (χ4v) is 6.34. The lowest BCUT2D eigenvalue weighted by Crippen LogP contribution is -2.43. The van der Waals surface area contributed by atoms with Crippen molar-refractivity contribution in [2.45, 2.75) is 50.6 Å². The minimum absolute atomic E-state index is 0.0767. The summed E-state index contributed by atoms with van der Waals surface area (Å²) in [4.78, 5) is 27.7. The maximum absolute atomic E-state index is 15.2. The second-order valence-electron chi connectivity index (χ2n) is 12.1. The fourth-order valence-electron chi connectivity index (χ4n) is 6.34. The number of nitrogens with zero attached hydrogens (tertiary/aromatic N) is 1. The molecule has 1 fully saturated rings. The van der Waals surface area contributed by atoms with Crippen molar-refractivity contribution in [1.29, 1.82) is 0 Å². The van der Waals surface area contributed by atoms with Crippen molar-refractivity contribution >= 4 is 22.6 Å². The molecular weight excluding hydrogens is 597 g/mol. The van der Waals surface area contributed by atoms with E-state index in [0.29, 0.717) is 29.2 Å². The van der Waals surface area contributed by atoms with Crippen molar-refractivity contribution < 1.29 is 37.3 Å². The van der Waals surface area contributed by atoms with Crippen LogP contribution < -0.4 is 14.8 Å². The van der Waals surface area contributed by atoms with Gasteiger partial charge in [0.15, 0.2) is 0 Å². The third kappa shape index (κ3) is 6.53. The van der Waals surface area contributed by atoms with Crippen LogP contribution in [0.4, 0.5) is 13.2 Å². The molecule has 0 heterocycles. The highest BCUT2D eigenvalue weighted by Gasteiger charge is 2.46. The number of benzene rings is 4. The molecule has 242 valence electrons. The predicted molar refractivity (Wildman–Crippen MR) is 171 cm³/mol. The van der Waals surface area contributed by atoms with Gasteiger partial charge in [-0.05, 0) is 72.1 Å². The normalized spacial score (nSPS) is 15.0. The van der Waals surface area contributed by atoms with Crippen LogP contribution in [0, 0.1) is 12.7 Å². The molecule has 0 bridgehead atoms. The molecule has 0 aromatic heterocycles. The predicted octanol–water partition coefficient (Wildman–Crippen LogP) is 6.97. The summed E-state index contributed by atoms with van der Waals surface area (Å²) in [5, 5.41) is 14.2. The summed E-state index contributed by atoms with van der Waals surface area (Å²) in [7, 11) is 7.13. The molecule has 0 unspecified atom stereocenters. The van der Waals surface area contributed by atoms with Crippen LogP contribution in [-0.4, -0.2) is 62.2 Å². The summed E-state index contributed by atoms with van der Waals surface area (Å²) in [6.45, 7) is 2.14. The first-order valence-corrected chi connectivity index (χ1v) is 14.9. The molecule has 0 spiro atoms. The number of hydrogen-bond acceptors (Lipinski definition) is 5. The van der Waals surface area contributed by atoms with Gasteiger partial charge in [-0.3, -0.25) is 4.79 Å². The standard InChI is InChI=1S/C36H37F3N2O5/c1-20-14-23(24-17-36(38,39)18-24)15-28(37)31(20)34(42)40-29(35(43)44)16-21-8-6-10-26-25(21)9-7-11-27(26)32-30(45-4)13-12-22(19-41(2)3)33(32)46-5/h6-15,24,29H,16-19H2,1-5H3,(H,40,42)(H,43,44)/t29-/m0/s1. The molecule has 7 nitrogen and oxygen atoms in total. The Kier molecular flexibility index (Phi) is 9.30. The maximum Gasteiger partial charge on any atom is 0.326 e. The van der Waals surface area contributed by atoms with Gasteiger partial charge in [0.1, 0.15) is 23.4 Å². The number of carboxylic acids is 1. The molecule has 46 heavy (non-hydrogen) atoms. The van der Waals surface area contributed by atoms with Gasteiger partial charge in [0.25, 0.3) is 5.91 Å². The van der Waals surface area contributed by atoms with Crippen LogP contribution in [0.15, 0.2) is 60.7 Å². The molecule has 0 aliphatic heterocycles. The number of methoxy groups -OCH3 is 2. The van der Waals surface area contributed by atoms with Gasteiger partial charge in [-0.2, -0.15) is 0 Å². The van der Waals surface area contributed by atoms with E-state index in [0.717, 1.165) is 33.5 Å². The number of alkyl halides is 2. The zero-order valence-corrected chi connectivity index (χ0v) is 26.4. The van der Waals surface area contributed by atoms with Gasteiger partial charge < -0.3 is 24.8 Å². The highest BCUT2D eigenvalue weighted by molar-refractivity contribution is 6.02. The van der Waals surface area contributed by atoms with E-state index in [1.807, 2.05) is 61.5 Å². The minimum Gasteiger partial charge on any atom is -0.496 e. The number of carbonyl (C=O) groups is 2. The number of fused-ring (bicyclic) bond motifs is 1. The van der Waals surface area contributed by atoms with E-state index in [1.165, 1.54) is 13.0 Å². The monoisotopic (exact) mass is 634 g/mol. The summed E-state index contributed by atoms with van der Waals surface area (Å²) >= 11 is 0. The van der Waals surface area contributed by atoms with Crippen molar-refractivity contribution in [1.82, 2.24) is 10.2 Å². The zero-order valence-electron chi connectivity index (χ0n) is 26.4. The Morgan fingerprint density at radius 3 is 2.30 bits per heavy atom. The fraction of sp³-hybridized carbons (Fsp3) is 0.333. The number of carbonyl (C=O) groups excluding carboxylic acids is 1. The molecule has 4 aromatic rings. The molecule has 1 atom stereocenters. The van der Waals surface area contributed by atoms with Gasteiger partial charge in [0.05, 0.1) is 25.3 Å². The number of aryl methyl sites for hydroxylation is 1. The lowest BCUT2D eigenvalue weighted by molar-refractivity contribution is -0.139. The van der Waals surface area contributed by atoms with Crippen molar-refractivity contribution in [2.75, 3.05) is 28.3 Å². The molecule has 1 amide bonds. The second kappa shape index (κ2) is 13.0. The van der Waals surface area contributed by atoms with Crippen molar-refractivity contribution in [3.05, 3.63) is 94.3 Å². The number of carboxylic acid groups (broad SMARTS) is 1. The molecule has 1 saturated carbocycles. The zero-order chi connectivity index (χ0) is 33.3.